The van der Waals surface area contributed by atoms with Gasteiger partial charge in [-0.2, -0.15) is 0 Å². The SMILES string of the molecule is Cc1ccc(C(c2ccc(C)cc2)c2ccc3c(c2)C2(c4cc(N(c5ccc(C)cc5)c5ccc(C)cc5)ccc4-3)c3cc(N(c4ccc(C)cc4)c4ccc(C)cc4)ccc3-c3ccc(N(c4ccc(C)cc4)c4ccc(C)cc4)cc32)cc1. The van der Waals surface area contributed by atoms with Gasteiger partial charge in [0.25, 0.3) is 0 Å². The molecule has 2 aliphatic carbocycles. The summed E-state index contributed by atoms with van der Waals surface area (Å²) in [4.78, 5) is 7.34. The quantitative estimate of drug-likeness (QED) is 0.113. The number of nitrogens with zero attached hydrogens (tertiary/aromatic N) is 3. The van der Waals surface area contributed by atoms with Crippen LogP contribution in [0.3, 0.4) is 0 Å². The van der Waals surface area contributed by atoms with Crippen molar-refractivity contribution in [2.45, 2.75) is 66.7 Å². The van der Waals surface area contributed by atoms with Gasteiger partial charge < -0.3 is 14.7 Å². The Balaban J connectivity index is 1.10. The molecule has 0 aromatic heterocycles. The molecule has 0 fully saturated rings. The first-order valence-corrected chi connectivity index (χ1v) is 29.9. The molecule has 0 N–H and O–H groups in total. The summed E-state index contributed by atoms with van der Waals surface area (Å²) in [7, 11) is 0. The number of fused-ring (bicyclic) bond motifs is 10. The van der Waals surface area contributed by atoms with E-state index in [-0.39, 0.29) is 5.92 Å². The van der Waals surface area contributed by atoms with Gasteiger partial charge in [-0.15, -0.1) is 0 Å². The third-order valence-electron chi connectivity index (χ3n) is 17.9. The Kier molecular flexibility index (Phi) is 13.3. The second-order valence-electron chi connectivity index (χ2n) is 24.0. The highest BCUT2D eigenvalue weighted by Gasteiger charge is 2.53. The molecular formula is C82H69N3. The summed E-state index contributed by atoms with van der Waals surface area (Å²) >= 11 is 0. The maximum atomic E-state index is 2.60. The Morgan fingerprint density at radius 2 is 0.388 bits per heavy atom. The minimum absolute atomic E-state index is 0.0310. The highest BCUT2D eigenvalue weighted by Crippen LogP contribution is 2.65. The molecule has 0 aliphatic heterocycles. The third kappa shape index (κ3) is 9.41. The van der Waals surface area contributed by atoms with E-state index in [0.717, 1.165) is 51.2 Å². The van der Waals surface area contributed by atoms with E-state index in [1.807, 2.05) is 0 Å². The Hall–Kier alpha value is -9.96. The maximum absolute atomic E-state index is 2.60. The molecule has 0 bridgehead atoms. The number of aryl methyl sites for hydroxylation is 8. The van der Waals surface area contributed by atoms with E-state index in [9.17, 15) is 0 Å². The highest BCUT2D eigenvalue weighted by molar-refractivity contribution is 5.99. The van der Waals surface area contributed by atoms with Crippen molar-refractivity contribution < 1.29 is 0 Å². The maximum Gasteiger partial charge on any atom is 0.0727 e. The second-order valence-corrected chi connectivity index (χ2v) is 24.0. The van der Waals surface area contributed by atoms with Gasteiger partial charge in [-0.05, 0) is 226 Å². The van der Waals surface area contributed by atoms with Crippen LogP contribution >= 0.6 is 0 Å². The van der Waals surface area contributed by atoms with Gasteiger partial charge in [-0.3, -0.25) is 0 Å². The molecule has 3 nitrogen and oxygen atoms in total. The minimum atomic E-state index is -0.816. The van der Waals surface area contributed by atoms with Gasteiger partial charge in [0.15, 0.2) is 0 Å². The zero-order valence-corrected chi connectivity index (χ0v) is 49.8. The van der Waals surface area contributed by atoms with E-state index < -0.39 is 5.41 Å². The molecule has 14 rings (SSSR count). The van der Waals surface area contributed by atoms with Crippen LogP contribution in [0.25, 0.3) is 22.3 Å². The van der Waals surface area contributed by atoms with Crippen molar-refractivity contribution in [1.82, 2.24) is 0 Å². The molecule has 0 radical (unpaired) electrons. The van der Waals surface area contributed by atoms with Crippen LogP contribution in [0.5, 0.6) is 0 Å². The van der Waals surface area contributed by atoms with Crippen LogP contribution in [0.15, 0.2) is 267 Å². The fourth-order valence-electron chi connectivity index (χ4n) is 13.4. The Bertz CT molecular complexity index is 3680. The van der Waals surface area contributed by atoms with Crippen molar-refractivity contribution in [2.24, 2.45) is 0 Å². The monoisotopic (exact) mass is 1100 g/mol. The van der Waals surface area contributed by atoms with E-state index in [2.05, 4.69) is 337 Å². The lowest BCUT2D eigenvalue weighted by Crippen LogP contribution is -2.27. The Labute approximate surface area is 502 Å². The molecule has 0 atom stereocenters. The van der Waals surface area contributed by atoms with Gasteiger partial charge in [0.1, 0.15) is 0 Å². The smallest absolute Gasteiger partial charge is 0.0727 e. The first-order chi connectivity index (χ1) is 41.4. The van der Waals surface area contributed by atoms with Crippen molar-refractivity contribution in [2.75, 3.05) is 14.7 Å². The molecule has 85 heavy (non-hydrogen) atoms. The fourth-order valence-corrected chi connectivity index (χ4v) is 13.4. The van der Waals surface area contributed by atoms with E-state index in [1.54, 1.807) is 0 Å². The number of anilines is 9. The van der Waals surface area contributed by atoms with Crippen LogP contribution in [0, 0.1) is 55.4 Å². The number of benzene rings is 12. The highest BCUT2D eigenvalue weighted by atomic mass is 15.2. The van der Waals surface area contributed by atoms with E-state index in [4.69, 9.17) is 0 Å². The molecule has 2 aliphatic rings. The van der Waals surface area contributed by atoms with Crippen LogP contribution < -0.4 is 14.7 Å². The zero-order chi connectivity index (χ0) is 58.1. The molecule has 0 heterocycles. The normalized spacial score (nSPS) is 12.4. The Morgan fingerprint density at radius 1 is 0.200 bits per heavy atom. The molecule has 0 saturated heterocycles. The van der Waals surface area contributed by atoms with Crippen molar-refractivity contribution in [3.05, 3.63) is 350 Å². The van der Waals surface area contributed by atoms with Crippen LogP contribution in [0.2, 0.25) is 0 Å². The second kappa shape index (κ2) is 21.3. The van der Waals surface area contributed by atoms with E-state index in [1.165, 1.54) is 106 Å². The fraction of sp³-hybridized carbons (Fsp3) is 0.122. The van der Waals surface area contributed by atoms with Crippen molar-refractivity contribution in [3.63, 3.8) is 0 Å². The first-order valence-electron chi connectivity index (χ1n) is 29.9. The summed E-state index contributed by atoms with van der Waals surface area (Å²) < 4.78 is 0. The van der Waals surface area contributed by atoms with Gasteiger partial charge in [0.05, 0.1) is 5.41 Å². The van der Waals surface area contributed by atoms with Gasteiger partial charge in [-0.1, -0.05) is 202 Å². The van der Waals surface area contributed by atoms with E-state index >= 15 is 0 Å². The van der Waals surface area contributed by atoms with Crippen LogP contribution in [0.1, 0.15) is 89.4 Å². The molecule has 0 unspecified atom stereocenters. The summed E-state index contributed by atoms with van der Waals surface area (Å²) in [6.07, 6.45) is 0. The molecule has 0 saturated carbocycles. The molecular weight excluding hydrogens is 1030 g/mol. The van der Waals surface area contributed by atoms with Gasteiger partial charge >= 0.3 is 0 Å². The largest absolute Gasteiger partial charge is 0.310 e. The minimum Gasteiger partial charge on any atom is -0.310 e. The van der Waals surface area contributed by atoms with Crippen LogP contribution in [-0.4, -0.2) is 0 Å². The Morgan fingerprint density at radius 3 is 0.635 bits per heavy atom. The van der Waals surface area contributed by atoms with Crippen molar-refractivity contribution in [3.8, 4) is 22.3 Å². The summed E-state index contributed by atoms with van der Waals surface area (Å²) in [6, 6.07) is 102. The van der Waals surface area contributed by atoms with E-state index in [0.29, 0.717) is 0 Å². The molecule has 12 aromatic carbocycles. The van der Waals surface area contributed by atoms with Gasteiger partial charge in [0, 0.05) is 57.1 Å². The zero-order valence-electron chi connectivity index (χ0n) is 49.8. The predicted molar refractivity (Wildman–Crippen MR) is 359 cm³/mol. The average molecular weight is 1100 g/mol. The standard InChI is InChI=1S/C82H69N3/c1-53-9-25-61(26-10-53)81(62-27-11-54(2)12-28-62)63-29-45-73-74-46-42-70(83(64-30-13-55(3)14-31-64)65-32-15-56(4)16-33-65)50-78(74)82(77(73)49-63)79-51-71(84(66-34-17-57(5)18-35-66)67-36-19-58(6)20-37-67)43-47-75(79)76-48-44-72(52-80(76)82)85(68-38-21-59(7)22-39-68)69-40-23-60(8)24-41-69/h9-52,81H,1-8H3. The summed E-state index contributed by atoms with van der Waals surface area (Å²) in [5.41, 5.74) is 32.7. The van der Waals surface area contributed by atoms with Crippen LogP contribution in [0.4, 0.5) is 51.2 Å². The topological polar surface area (TPSA) is 9.72 Å². The first kappa shape index (κ1) is 53.1. The lowest BCUT2D eigenvalue weighted by atomic mass is 9.69. The summed E-state index contributed by atoms with van der Waals surface area (Å²) in [6.45, 7) is 17.4. The number of rotatable bonds is 12. The van der Waals surface area contributed by atoms with Crippen molar-refractivity contribution >= 4 is 51.2 Å². The lowest BCUT2D eigenvalue weighted by Gasteiger charge is -2.34. The lowest BCUT2D eigenvalue weighted by molar-refractivity contribution is 0.789. The number of hydrogen-bond acceptors (Lipinski definition) is 3. The summed E-state index contributed by atoms with van der Waals surface area (Å²) in [5.74, 6) is -0.0310. The predicted octanol–water partition coefficient (Wildman–Crippen LogP) is 22.1. The van der Waals surface area contributed by atoms with Gasteiger partial charge in [-0.25, -0.2) is 0 Å². The summed E-state index contributed by atoms with van der Waals surface area (Å²) in [5, 5.41) is 0. The van der Waals surface area contributed by atoms with Crippen molar-refractivity contribution in [1.29, 1.82) is 0 Å². The molecule has 0 amide bonds. The molecule has 3 heteroatoms. The molecule has 412 valence electrons. The van der Waals surface area contributed by atoms with Crippen LogP contribution in [-0.2, 0) is 5.41 Å². The molecule has 12 aromatic rings. The number of hydrogen-bond donors (Lipinski definition) is 0. The average Bonchev–Trinajstić information content (AvgIpc) is 1.63. The molecule has 1 spiro atoms. The van der Waals surface area contributed by atoms with Gasteiger partial charge in [0.2, 0.25) is 0 Å². The third-order valence-corrected chi connectivity index (χ3v) is 17.9.